The summed E-state index contributed by atoms with van der Waals surface area (Å²) in [5.74, 6) is -0.292. The predicted octanol–water partition coefficient (Wildman–Crippen LogP) is 2.10. The molecule has 0 spiro atoms. The molecule has 3 N–H and O–H groups in total. The standard InChI is InChI=1S/C15H15N3O3/c16-14(15(19)17-12-4-2-1-3-5-12)10-11-6-8-13(9-7-11)18(20)21/h1-9,14H,10,16H2,(H,17,19)/t14-/m1/s1. The smallest absolute Gasteiger partial charge is 0.269 e. The Morgan fingerprint density at radius 2 is 1.76 bits per heavy atom. The largest absolute Gasteiger partial charge is 0.325 e. The van der Waals surface area contributed by atoms with Crippen LogP contribution in [0, 0.1) is 10.1 Å². The number of hydrogen-bond acceptors (Lipinski definition) is 4. The van der Waals surface area contributed by atoms with Crippen molar-refractivity contribution in [1.29, 1.82) is 0 Å². The minimum Gasteiger partial charge on any atom is -0.325 e. The third-order valence-corrected chi connectivity index (χ3v) is 2.98. The molecule has 2 aromatic rings. The van der Waals surface area contributed by atoms with E-state index in [1.165, 1.54) is 12.1 Å². The van der Waals surface area contributed by atoms with Gasteiger partial charge in [0.15, 0.2) is 0 Å². The van der Waals surface area contributed by atoms with Crippen molar-refractivity contribution in [2.75, 3.05) is 5.32 Å². The van der Waals surface area contributed by atoms with E-state index in [1.807, 2.05) is 18.2 Å². The van der Waals surface area contributed by atoms with Gasteiger partial charge in [-0.25, -0.2) is 0 Å². The Morgan fingerprint density at radius 3 is 2.33 bits per heavy atom. The number of carbonyl (C=O) groups excluding carboxylic acids is 1. The summed E-state index contributed by atoms with van der Waals surface area (Å²) < 4.78 is 0. The molecular formula is C15H15N3O3. The zero-order valence-electron chi connectivity index (χ0n) is 11.2. The lowest BCUT2D eigenvalue weighted by atomic mass is 10.1. The Hall–Kier alpha value is -2.73. The number of non-ortho nitro benzene ring substituents is 1. The molecule has 108 valence electrons. The van der Waals surface area contributed by atoms with Gasteiger partial charge < -0.3 is 11.1 Å². The quantitative estimate of drug-likeness (QED) is 0.649. The number of carbonyl (C=O) groups is 1. The zero-order chi connectivity index (χ0) is 15.2. The van der Waals surface area contributed by atoms with Crippen LogP contribution in [0.15, 0.2) is 54.6 Å². The Bertz CT molecular complexity index is 626. The molecule has 0 radical (unpaired) electrons. The summed E-state index contributed by atoms with van der Waals surface area (Å²) in [5, 5.41) is 13.3. The van der Waals surface area contributed by atoms with Crippen molar-refractivity contribution < 1.29 is 9.72 Å². The molecule has 1 atom stereocenters. The number of nitro benzene ring substituents is 1. The fourth-order valence-electron chi connectivity index (χ4n) is 1.86. The minimum atomic E-state index is -0.716. The second-order valence-electron chi connectivity index (χ2n) is 4.59. The first-order chi connectivity index (χ1) is 10.1. The normalized spacial score (nSPS) is 11.7. The Labute approximate surface area is 121 Å². The van der Waals surface area contributed by atoms with E-state index < -0.39 is 11.0 Å². The number of rotatable bonds is 5. The topological polar surface area (TPSA) is 98.3 Å². The molecule has 6 heteroatoms. The number of nitrogens with one attached hydrogen (secondary N) is 1. The van der Waals surface area contributed by atoms with Crippen LogP contribution in [0.1, 0.15) is 5.56 Å². The fourth-order valence-corrected chi connectivity index (χ4v) is 1.86. The second-order valence-corrected chi connectivity index (χ2v) is 4.59. The van der Waals surface area contributed by atoms with Gasteiger partial charge in [0.25, 0.3) is 5.69 Å². The third kappa shape index (κ3) is 4.12. The van der Waals surface area contributed by atoms with Crippen molar-refractivity contribution in [2.45, 2.75) is 12.5 Å². The summed E-state index contributed by atoms with van der Waals surface area (Å²) in [4.78, 5) is 22.0. The van der Waals surface area contributed by atoms with Crippen LogP contribution in [0.3, 0.4) is 0 Å². The number of nitrogens with two attached hydrogens (primary N) is 1. The van der Waals surface area contributed by atoms with Crippen LogP contribution in [0.4, 0.5) is 11.4 Å². The van der Waals surface area contributed by atoms with E-state index in [-0.39, 0.29) is 11.6 Å². The van der Waals surface area contributed by atoms with Gasteiger partial charge in [-0.2, -0.15) is 0 Å². The molecule has 0 aromatic heterocycles. The Balaban J connectivity index is 1.95. The van der Waals surface area contributed by atoms with Crippen LogP contribution < -0.4 is 11.1 Å². The van der Waals surface area contributed by atoms with Crippen LogP contribution >= 0.6 is 0 Å². The molecule has 1 amide bonds. The van der Waals surface area contributed by atoms with Crippen molar-refractivity contribution >= 4 is 17.3 Å². The molecular weight excluding hydrogens is 270 g/mol. The minimum absolute atomic E-state index is 0.0149. The van der Waals surface area contributed by atoms with Crippen molar-refractivity contribution in [3.05, 3.63) is 70.3 Å². The van der Waals surface area contributed by atoms with Gasteiger partial charge in [0.05, 0.1) is 11.0 Å². The number of amides is 1. The molecule has 0 fully saturated rings. The molecule has 0 saturated heterocycles. The molecule has 0 unspecified atom stereocenters. The van der Waals surface area contributed by atoms with E-state index in [4.69, 9.17) is 5.73 Å². The van der Waals surface area contributed by atoms with E-state index in [9.17, 15) is 14.9 Å². The molecule has 0 aliphatic carbocycles. The fraction of sp³-hybridized carbons (Fsp3) is 0.133. The average molecular weight is 285 g/mol. The summed E-state index contributed by atoms with van der Waals surface area (Å²) in [6.07, 6.45) is 0.316. The second kappa shape index (κ2) is 6.62. The van der Waals surface area contributed by atoms with E-state index in [2.05, 4.69) is 5.32 Å². The summed E-state index contributed by atoms with van der Waals surface area (Å²) in [7, 11) is 0. The molecule has 2 rings (SSSR count). The molecule has 0 bridgehead atoms. The number of benzene rings is 2. The van der Waals surface area contributed by atoms with Gasteiger partial charge in [-0.1, -0.05) is 30.3 Å². The molecule has 2 aromatic carbocycles. The number of anilines is 1. The molecule has 21 heavy (non-hydrogen) atoms. The first kappa shape index (κ1) is 14.7. The molecule has 6 nitrogen and oxygen atoms in total. The predicted molar refractivity (Wildman–Crippen MR) is 79.8 cm³/mol. The highest BCUT2D eigenvalue weighted by Crippen LogP contribution is 2.13. The van der Waals surface area contributed by atoms with Crippen LogP contribution in [-0.4, -0.2) is 16.9 Å². The Kier molecular flexibility index (Phi) is 4.63. The summed E-state index contributed by atoms with van der Waals surface area (Å²) in [6, 6.07) is 14.3. The van der Waals surface area contributed by atoms with Crippen LogP contribution in [0.25, 0.3) is 0 Å². The van der Waals surface area contributed by atoms with Gasteiger partial charge in [-0.3, -0.25) is 14.9 Å². The van der Waals surface area contributed by atoms with Gasteiger partial charge in [0, 0.05) is 17.8 Å². The number of nitrogens with zero attached hydrogens (tertiary/aromatic N) is 1. The maximum atomic E-state index is 11.9. The van der Waals surface area contributed by atoms with Crippen LogP contribution in [0.5, 0.6) is 0 Å². The lowest BCUT2D eigenvalue weighted by Crippen LogP contribution is -2.37. The number of nitro groups is 1. The molecule has 0 aliphatic rings. The molecule has 0 saturated carbocycles. The average Bonchev–Trinajstić information content (AvgIpc) is 2.48. The lowest BCUT2D eigenvalue weighted by Gasteiger charge is -2.12. The van der Waals surface area contributed by atoms with Crippen molar-refractivity contribution in [2.24, 2.45) is 5.73 Å². The number of para-hydroxylation sites is 1. The van der Waals surface area contributed by atoms with Crippen LogP contribution in [0.2, 0.25) is 0 Å². The Morgan fingerprint density at radius 1 is 1.14 bits per heavy atom. The summed E-state index contributed by atoms with van der Waals surface area (Å²) >= 11 is 0. The maximum Gasteiger partial charge on any atom is 0.269 e. The molecule has 0 heterocycles. The monoisotopic (exact) mass is 285 g/mol. The SMILES string of the molecule is N[C@H](Cc1ccc([N+](=O)[O-])cc1)C(=O)Nc1ccccc1. The van der Waals surface area contributed by atoms with E-state index in [0.717, 1.165) is 5.56 Å². The van der Waals surface area contributed by atoms with Crippen molar-refractivity contribution in [1.82, 2.24) is 0 Å². The first-order valence-corrected chi connectivity index (χ1v) is 6.41. The summed E-state index contributed by atoms with van der Waals surface area (Å²) in [6.45, 7) is 0. The summed E-state index contributed by atoms with van der Waals surface area (Å²) in [5.41, 5.74) is 7.32. The van der Waals surface area contributed by atoms with Gasteiger partial charge in [-0.15, -0.1) is 0 Å². The van der Waals surface area contributed by atoms with Crippen LogP contribution in [-0.2, 0) is 11.2 Å². The highest BCUT2D eigenvalue weighted by atomic mass is 16.6. The van der Waals surface area contributed by atoms with Gasteiger partial charge in [0.1, 0.15) is 0 Å². The third-order valence-electron chi connectivity index (χ3n) is 2.98. The van der Waals surface area contributed by atoms with Crippen molar-refractivity contribution in [3.8, 4) is 0 Å². The van der Waals surface area contributed by atoms with E-state index in [0.29, 0.717) is 12.1 Å². The van der Waals surface area contributed by atoms with Gasteiger partial charge in [-0.05, 0) is 24.1 Å². The molecule has 0 aliphatic heterocycles. The highest BCUT2D eigenvalue weighted by molar-refractivity contribution is 5.94. The lowest BCUT2D eigenvalue weighted by molar-refractivity contribution is -0.384. The van der Waals surface area contributed by atoms with E-state index in [1.54, 1.807) is 24.3 Å². The van der Waals surface area contributed by atoms with Gasteiger partial charge in [0.2, 0.25) is 5.91 Å². The van der Waals surface area contributed by atoms with Gasteiger partial charge >= 0.3 is 0 Å². The van der Waals surface area contributed by atoms with Crippen molar-refractivity contribution in [3.63, 3.8) is 0 Å². The first-order valence-electron chi connectivity index (χ1n) is 6.41. The highest BCUT2D eigenvalue weighted by Gasteiger charge is 2.15. The number of hydrogen-bond donors (Lipinski definition) is 2. The van der Waals surface area contributed by atoms with E-state index >= 15 is 0 Å². The maximum absolute atomic E-state index is 11.9. The zero-order valence-corrected chi connectivity index (χ0v) is 11.2.